The number of nitrogens with one attached hydrogen (secondary N) is 1. The van der Waals surface area contributed by atoms with E-state index in [2.05, 4.69) is 32.7 Å². The second kappa shape index (κ2) is 5.10. The molecule has 0 atom stereocenters. The van der Waals surface area contributed by atoms with E-state index >= 15 is 0 Å². The van der Waals surface area contributed by atoms with E-state index in [1.54, 1.807) is 14.2 Å². The van der Waals surface area contributed by atoms with Gasteiger partial charge in [-0.15, -0.1) is 0 Å². The fraction of sp³-hybridized carbons (Fsp3) is 1.00. The van der Waals surface area contributed by atoms with Crippen LogP contribution in [0.5, 0.6) is 0 Å². The molecule has 0 fully saturated rings. The van der Waals surface area contributed by atoms with Gasteiger partial charge in [0.25, 0.3) is 0 Å². The monoisotopic (exact) mass is 205 g/mol. The van der Waals surface area contributed by atoms with Crippen LogP contribution in [0.2, 0.25) is 5.04 Å². The molecule has 0 saturated carbocycles. The van der Waals surface area contributed by atoms with Crippen molar-refractivity contribution in [3.05, 3.63) is 0 Å². The van der Waals surface area contributed by atoms with Crippen LogP contribution in [0.4, 0.5) is 0 Å². The standard InChI is InChI=1S/C9H23NO2Si/c1-7-8-10-13(11-5,12-6)9(2,3)4/h10H,7-8H2,1-6H3. The summed E-state index contributed by atoms with van der Waals surface area (Å²) in [7, 11) is 1.24. The van der Waals surface area contributed by atoms with Crippen molar-refractivity contribution in [2.45, 2.75) is 39.2 Å². The van der Waals surface area contributed by atoms with Crippen LogP contribution in [-0.4, -0.2) is 29.5 Å². The molecular formula is C9H23NO2Si. The Morgan fingerprint density at radius 3 is 1.85 bits per heavy atom. The molecule has 0 aliphatic carbocycles. The average Bonchev–Trinajstić information content (AvgIpc) is 2.05. The number of rotatable bonds is 5. The van der Waals surface area contributed by atoms with Gasteiger partial charge in [-0.2, -0.15) is 0 Å². The second-order valence-electron chi connectivity index (χ2n) is 4.20. The maximum atomic E-state index is 5.56. The van der Waals surface area contributed by atoms with Gasteiger partial charge in [-0.25, -0.2) is 0 Å². The zero-order valence-corrected chi connectivity index (χ0v) is 10.7. The van der Waals surface area contributed by atoms with Gasteiger partial charge in [-0.3, -0.25) is 4.98 Å². The average molecular weight is 205 g/mol. The normalized spacial score (nSPS) is 13.4. The number of hydrogen-bond acceptors (Lipinski definition) is 3. The van der Waals surface area contributed by atoms with Crippen LogP contribution in [0.15, 0.2) is 0 Å². The van der Waals surface area contributed by atoms with Crippen molar-refractivity contribution >= 4 is 8.72 Å². The van der Waals surface area contributed by atoms with Gasteiger partial charge in [0.1, 0.15) is 0 Å². The summed E-state index contributed by atoms with van der Waals surface area (Å²) >= 11 is 0. The van der Waals surface area contributed by atoms with Gasteiger partial charge in [0, 0.05) is 19.3 Å². The number of hydrogen-bond donors (Lipinski definition) is 1. The molecule has 0 aliphatic rings. The van der Waals surface area contributed by atoms with Gasteiger partial charge < -0.3 is 8.85 Å². The first-order valence-corrected chi connectivity index (χ1v) is 6.60. The summed E-state index contributed by atoms with van der Waals surface area (Å²) in [6.45, 7) is 9.53. The lowest BCUT2D eigenvalue weighted by Crippen LogP contribution is -2.61. The Hall–Kier alpha value is 0.0969. The summed E-state index contributed by atoms with van der Waals surface area (Å²) in [5.74, 6) is 0. The highest BCUT2D eigenvalue weighted by Gasteiger charge is 2.48. The molecule has 3 nitrogen and oxygen atoms in total. The van der Waals surface area contributed by atoms with Crippen molar-refractivity contribution in [2.75, 3.05) is 20.8 Å². The third-order valence-electron chi connectivity index (χ3n) is 2.17. The summed E-state index contributed by atoms with van der Waals surface area (Å²) < 4.78 is 11.1. The molecule has 80 valence electrons. The van der Waals surface area contributed by atoms with Crippen LogP contribution in [-0.2, 0) is 8.85 Å². The lowest BCUT2D eigenvalue weighted by atomic mass is 10.3. The summed E-state index contributed by atoms with van der Waals surface area (Å²) in [4.78, 5) is 3.42. The molecule has 0 aromatic rings. The minimum absolute atomic E-state index is 0.0473. The van der Waals surface area contributed by atoms with Gasteiger partial charge in [0.05, 0.1) is 0 Å². The Bertz CT molecular complexity index is 141. The Morgan fingerprint density at radius 1 is 1.15 bits per heavy atom. The van der Waals surface area contributed by atoms with E-state index in [9.17, 15) is 0 Å². The van der Waals surface area contributed by atoms with E-state index in [0.717, 1.165) is 13.0 Å². The topological polar surface area (TPSA) is 30.5 Å². The molecule has 0 aromatic carbocycles. The van der Waals surface area contributed by atoms with Gasteiger partial charge in [-0.05, 0) is 13.0 Å². The largest absolute Gasteiger partial charge is 0.430 e. The van der Waals surface area contributed by atoms with E-state index < -0.39 is 8.72 Å². The van der Waals surface area contributed by atoms with Crippen molar-refractivity contribution < 1.29 is 8.85 Å². The van der Waals surface area contributed by atoms with Crippen molar-refractivity contribution in [1.82, 2.24) is 4.98 Å². The maximum Gasteiger partial charge on any atom is 0.430 e. The summed E-state index contributed by atoms with van der Waals surface area (Å²) in [6, 6.07) is 0. The van der Waals surface area contributed by atoms with E-state index in [1.165, 1.54) is 0 Å². The Labute approximate surface area is 83.1 Å². The first kappa shape index (κ1) is 13.1. The molecule has 0 rings (SSSR count). The molecule has 1 N–H and O–H groups in total. The lowest BCUT2D eigenvalue weighted by Gasteiger charge is -2.38. The molecule has 4 heteroatoms. The lowest BCUT2D eigenvalue weighted by molar-refractivity contribution is 0.199. The SMILES string of the molecule is CCCN[Si](OC)(OC)C(C)(C)C. The molecule has 0 saturated heterocycles. The van der Waals surface area contributed by atoms with Crippen LogP contribution in [0.25, 0.3) is 0 Å². The summed E-state index contributed by atoms with van der Waals surface area (Å²) in [6.07, 6.45) is 1.09. The van der Waals surface area contributed by atoms with Crippen LogP contribution in [0.3, 0.4) is 0 Å². The molecular weight excluding hydrogens is 182 g/mol. The first-order valence-electron chi connectivity index (χ1n) is 4.79. The van der Waals surface area contributed by atoms with Crippen molar-refractivity contribution in [2.24, 2.45) is 0 Å². The van der Waals surface area contributed by atoms with Crippen LogP contribution < -0.4 is 4.98 Å². The zero-order valence-electron chi connectivity index (χ0n) is 9.73. The molecule has 0 radical (unpaired) electrons. The van der Waals surface area contributed by atoms with Crippen molar-refractivity contribution in [3.8, 4) is 0 Å². The third kappa shape index (κ3) is 3.05. The summed E-state index contributed by atoms with van der Waals surface area (Å²) in [5.41, 5.74) is 0. The molecule has 0 bridgehead atoms. The predicted octanol–water partition coefficient (Wildman–Crippen LogP) is 2.02. The van der Waals surface area contributed by atoms with Crippen LogP contribution in [0, 0.1) is 0 Å². The Morgan fingerprint density at radius 2 is 1.62 bits per heavy atom. The van der Waals surface area contributed by atoms with E-state index in [-0.39, 0.29) is 5.04 Å². The zero-order chi connectivity index (χ0) is 10.5. The van der Waals surface area contributed by atoms with E-state index in [0.29, 0.717) is 0 Å². The Balaban J connectivity index is 4.50. The minimum atomic E-state index is -2.22. The molecule has 13 heavy (non-hydrogen) atoms. The maximum absolute atomic E-state index is 5.56. The second-order valence-corrected chi connectivity index (χ2v) is 8.10. The molecule has 0 aliphatic heterocycles. The van der Waals surface area contributed by atoms with Gasteiger partial charge >= 0.3 is 8.72 Å². The quantitative estimate of drug-likeness (QED) is 0.697. The molecule has 0 spiro atoms. The minimum Gasteiger partial charge on any atom is -0.386 e. The first-order chi connectivity index (χ1) is 5.93. The Kier molecular flexibility index (Phi) is 5.13. The van der Waals surface area contributed by atoms with Crippen molar-refractivity contribution in [1.29, 1.82) is 0 Å². The highest BCUT2D eigenvalue weighted by atomic mass is 28.4. The molecule has 0 amide bonds. The molecule has 0 unspecified atom stereocenters. The van der Waals surface area contributed by atoms with E-state index in [1.807, 2.05) is 0 Å². The third-order valence-corrected chi connectivity index (χ3v) is 6.01. The van der Waals surface area contributed by atoms with Crippen molar-refractivity contribution in [3.63, 3.8) is 0 Å². The van der Waals surface area contributed by atoms with Crippen LogP contribution >= 0.6 is 0 Å². The highest BCUT2D eigenvalue weighted by Crippen LogP contribution is 2.34. The van der Waals surface area contributed by atoms with Crippen LogP contribution in [0.1, 0.15) is 34.1 Å². The summed E-state index contributed by atoms with van der Waals surface area (Å²) in [5, 5.41) is 0.0473. The molecule has 0 aromatic heterocycles. The van der Waals surface area contributed by atoms with Gasteiger partial charge in [-0.1, -0.05) is 27.7 Å². The van der Waals surface area contributed by atoms with Gasteiger partial charge in [0.2, 0.25) is 0 Å². The predicted molar refractivity (Wildman–Crippen MR) is 57.8 cm³/mol. The fourth-order valence-electron chi connectivity index (χ4n) is 1.39. The fourth-order valence-corrected chi connectivity index (χ4v) is 4.18. The smallest absolute Gasteiger partial charge is 0.386 e. The van der Waals surface area contributed by atoms with E-state index in [4.69, 9.17) is 8.85 Å². The highest BCUT2D eigenvalue weighted by molar-refractivity contribution is 6.67. The molecule has 0 heterocycles. The van der Waals surface area contributed by atoms with Gasteiger partial charge in [0.15, 0.2) is 0 Å².